The predicted octanol–water partition coefficient (Wildman–Crippen LogP) is 5.09. The molecule has 0 saturated carbocycles. The zero-order chi connectivity index (χ0) is 23.1. The van der Waals surface area contributed by atoms with Crippen LogP contribution in [0.4, 0.5) is 16.4 Å². The number of amides is 1. The highest BCUT2D eigenvalue weighted by Crippen LogP contribution is 2.42. The molecule has 0 bridgehead atoms. The number of nitrogens with one attached hydrogen (secondary N) is 2. The van der Waals surface area contributed by atoms with Crippen molar-refractivity contribution in [3.8, 4) is 11.5 Å². The quantitative estimate of drug-likeness (QED) is 0.395. The third-order valence-electron chi connectivity index (χ3n) is 5.72. The van der Waals surface area contributed by atoms with E-state index in [2.05, 4.69) is 10.6 Å². The van der Waals surface area contributed by atoms with E-state index in [4.69, 9.17) is 4.74 Å². The molecule has 0 fully saturated rings. The monoisotopic (exact) mass is 466 g/mol. The summed E-state index contributed by atoms with van der Waals surface area (Å²) >= 11 is 1.62. The van der Waals surface area contributed by atoms with Crippen molar-refractivity contribution in [2.45, 2.75) is 31.8 Å². The van der Waals surface area contributed by atoms with Gasteiger partial charge >= 0.3 is 5.69 Å². The highest BCUT2D eigenvalue weighted by molar-refractivity contribution is 7.16. The molecule has 1 aromatic heterocycles. The Kier molecular flexibility index (Phi) is 5.17. The summed E-state index contributed by atoms with van der Waals surface area (Å²) in [5.41, 5.74) is 1.69. The molecule has 2 N–H and O–H groups in total. The summed E-state index contributed by atoms with van der Waals surface area (Å²) in [5.74, 6) is 0.0684. The predicted molar refractivity (Wildman–Crippen MR) is 121 cm³/mol. The average Bonchev–Trinajstić information content (AvgIpc) is 3.18. The zero-order valence-corrected chi connectivity index (χ0v) is 18.0. The van der Waals surface area contributed by atoms with E-state index < -0.39 is 27.4 Å². The van der Waals surface area contributed by atoms with Gasteiger partial charge in [-0.05, 0) is 55.0 Å². The molecule has 168 valence electrons. The number of carbonyl (C=O) groups excluding carboxylic acids is 1. The van der Waals surface area contributed by atoms with E-state index in [1.807, 2.05) is 6.07 Å². The summed E-state index contributed by atoms with van der Waals surface area (Å²) in [6.07, 6.45) is 3.63. The molecule has 1 aliphatic heterocycles. The van der Waals surface area contributed by atoms with Crippen LogP contribution in [0.5, 0.6) is 11.5 Å². The largest absolute Gasteiger partial charge is 0.450 e. The third kappa shape index (κ3) is 3.87. The Balaban J connectivity index is 1.42. The van der Waals surface area contributed by atoms with Crippen molar-refractivity contribution in [3.05, 3.63) is 84.3 Å². The first-order chi connectivity index (χ1) is 15.9. The van der Waals surface area contributed by atoms with E-state index in [-0.39, 0.29) is 11.7 Å². The lowest BCUT2D eigenvalue weighted by molar-refractivity contribution is -0.394. The third-order valence-corrected chi connectivity index (χ3v) is 6.94. The van der Waals surface area contributed by atoms with Crippen molar-refractivity contribution in [1.82, 2.24) is 5.32 Å². The van der Waals surface area contributed by atoms with Crippen LogP contribution in [0.1, 0.15) is 45.4 Å². The van der Waals surface area contributed by atoms with Gasteiger partial charge in [-0.3, -0.25) is 25.0 Å². The van der Waals surface area contributed by atoms with E-state index >= 15 is 0 Å². The molecule has 1 amide bonds. The molecular formula is C22H18N4O6S. The number of non-ortho nitro benzene ring substituents is 1. The molecule has 2 aromatic carbocycles. The first-order valence-corrected chi connectivity index (χ1v) is 11.1. The second-order valence-corrected chi connectivity index (χ2v) is 8.91. The molecule has 0 spiro atoms. The summed E-state index contributed by atoms with van der Waals surface area (Å²) in [7, 11) is 0. The minimum Gasteiger partial charge on any atom is -0.450 e. The van der Waals surface area contributed by atoms with Gasteiger partial charge in [0.05, 0.1) is 21.5 Å². The van der Waals surface area contributed by atoms with Crippen molar-refractivity contribution in [1.29, 1.82) is 0 Å². The van der Waals surface area contributed by atoms with E-state index in [1.54, 1.807) is 29.5 Å². The number of thiophene rings is 1. The van der Waals surface area contributed by atoms with Gasteiger partial charge in [0.15, 0.2) is 0 Å². The maximum Gasteiger partial charge on any atom is 0.318 e. The molecule has 5 rings (SSSR count). The second-order valence-electron chi connectivity index (χ2n) is 7.81. The molecule has 33 heavy (non-hydrogen) atoms. The summed E-state index contributed by atoms with van der Waals surface area (Å²) in [6.45, 7) is 0. The molecule has 0 radical (unpaired) electrons. The highest BCUT2D eigenvalue weighted by Gasteiger charge is 2.32. The number of nitro benzene ring substituents is 2. The first kappa shape index (κ1) is 20.9. The molecule has 0 unspecified atom stereocenters. The number of nitrogens with zero attached hydrogens (tertiary/aromatic N) is 2. The summed E-state index contributed by atoms with van der Waals surface area (Å²) in [4.78, 5) is 35.0. The smallest absolute Gasteiger partial charge is 0.318 e. The summed E-state index contributed by atoms with van der Waals surface area (Å²) in [5, 5.41) is 29.6. The molecule has 2 aliphatic rings. The van der Waals surface area contributed by atoms with E-state index in [1.165, 1.54) is 10.9 Å². The Morgan fingerprint density at radius 3 is 2.61 bits per heavy atom. The van der Waals surface area contributed by atoms with Gasteiger partial charge in [-0.2, -0.15) is 0 Å². The van der Waals surface area contributed by atoms with Crippen LogP contribution < -0.4 is 15.4 Å². The van der Waals surface area contributed by atoms with Crippen molar-refractivity contribution >= 4 is 33.6 Å². The van der Waals surface area contributed by atoms with E-state index in [9.17, 15) is 25.0 Å². The number of aryl methyl sites for hydroxylation is 1. The maximum atomic E-state index is 12.9. The molecule has 3 aromatic rings. The second kappa shape index (κ2) is 8.17. The lowest BCUT2D eigenvalue weighted by Crippen LogP contribution is -2.38. The zero-order valence-electron chi connectivity index (χ0n) is 17.2. The Morgan fingerprint density at radius 2 is 1.82 bits per heavy atom. The topological polar surface area (TPSA) is 137 Å². The molecule has 1 aliphatic carbocycles. The van der Waals surface area contributed by atoms with Gasteiger partial charge in [0, 0.05) is 10.9 Å². The maximum absolute atomic E-state index is 12.9. The normalized spacial score (nSPS) is 16.7. The highest BCUT2D eigenvalue weighted by atomic mass is 32.1. The molecule has 2 heterocycles. The van der Waals surface area contributed by atoms with Crippen LogP contribution in [0.2, 0.25) is 0 Å². The summed E-state index contributed by atoms with van der Waals surface area (Å²) in [6, 6.07) is 10.0. The van der Waals surface area contributed by atoms with Crippen LogP contribution in [0, 0.1) is 20.2 Å². The number of hydrogen-bond donors (Lipinski definition) is 2. The van der Waals surface area contributed by atoms with Gasteiger partial charge in [-0.1, -0.05) is 12.1 Å². The lowest BCUT2D eigenvalue weighted by atomic mass is 9.94. The van der Waals surface area contributed by atoms with E-state index in [0.717, 1.165) is 53.9 Å². The van der Waals surface area contributed by atoms with Gasteiger partial charge in [-0.25, -0.2) is 0 Å². The number of nitro groups is 2. The van der Waals surface area contributed by atoms with E-state index in [0.29, 0.717) is 11.3 Å². The Labute approximate surface area is 191 Å². The van der Waals surface area contributed by atoms with Crippen LogP contribution in [-0.2, 0) is 12.8 Å². The summed E-state index contributed by atoms with van der Waals surface area (Å²) < 4.78 is 5.70. The van der Waals surface area contributed by atoms with Crippen molar-refractivity contribution in [2.75, 3.05) is 5.32 Å². The van der Waals surface area contributed by atoms with Crippen LogP contribution in [0.3, 0.4) is 0 Å². The van der Waals surface area contributed by atoms with Crippen LogP contribution >= 0.6 is 11.3 Å². The number of ether oxygens (including phenoxy) is 1. The minimum absolute atomic E-state index is 0.114. The van der Waals surface area contributed by atoms with Gasteiger partial charge in [0.2, 0.25) is 5.75 Å². The number of rotatable bonds is 5. The van der Waals surface area contributed by atoms with Crippen molar-refractivity contribution in [3.63, 3.8) is 0 Å². The van der Waals surface area contributed by atoms with Gasteiger partial charge < -0.3 is 15.4 Å². The van der Waals surface area contributed by atoms with Crippen molar-refractivity contribution in [2.24, 2.45) is 0 Å². The number of carbonyl (C=O) groups is 1. The van der Waals surface area contributed by atoms with Gasteiger partial charge in [0.25, 0.3) is 11.6 Å². The van der Waals surface area contributed by atoms with Gasteiger partial charge in [0.1, 0.15) is 16.9 Å². The minimum atomic E-state index is -0.727. The van der Waals surface area contributed by atoms with Crippen molar-refractivity contribution < 1.29 is 19.4 Å². The number of anilines is 1. The standard InChI is InChI=1S/C22H18N4O6S/c27-21-19-15-6-1-2-7-18(15)33-22(19)24-20(23-21)12-4-3-5-14(10-12)32-17-9-8-13(25(28)29)11-16(17)26(30)31/h3-5,8-11,20,24H,1-2,6-7H2,(H,23,27)/t20-/m1/s1. The first-order valence-electron chi connectivity index (χ1n) is 10.3. The molecule has 11 heteroatoms. The Bertz CT molecular complexity index is 1300. The number of benzene rings is 2. The van der Waals surface area contributed by atoms with Crippen LogP contribution in [0.15, 0.2) is 42.5 Å². The Morgan fingerprint density at radius 1 is 1.00 bits per heavy atom. The fourth-order valence-corrected chi connectivity index (χ4v) is 5.49. The molecular weight excluding hydrogens is 448 g/mol. The lowest BCUT2D eigenvalue weighted by Gasteiger charge is -2.27. The SMILES string of the molecule is O=C1N[C@@H](c2cccc(Oc3ccc([N+](=O)[O-])cc3[N+](=O)[O-])c2)Nc2sc3c(c21)CCCC3. The van der Waals surface area contributed by atoms with Gasteiger partial charge in [-0.15, -0.1) is 11.3 Å². The molecule has 10 nitrogen and oxygen atoms in total. The molecule has 0 saturated heterocycles. The fraction of sp³-hybridized carbons (Fsp3) is 0.227. The van der Waals surface area contributed by atoms with Crippen LogP contribution in [-0.4, -0.2) is 15.8 Å². The van der Waals surface area contributed by atoms with Crippen LogP contribution in [0.25, 0.3) is 0 Å². The molecule has 1 atom stereocenters. The Hall–Kier alpha value is -3.99. The number of fused-ring (bicyclic) bond motifs is 3. The fourth-order valence-electron chi connectivity index (χ4n) is 4.18. The number of hydrogen-bond acceptors (Lipinski definition) is 8. The average molecular weight is 466 g/mol.